The molecule has 2 rings (SSSR count). The molecule has 80 valence electrons. The second kappa shape index (κ2) is 4.78. The fraction of sp³-hybridized carbons (Fsp3) is 0.909. The molecule has 1 saturated carbocycles. The van der Waals surface area contributed by atoms with Gasteiger partial charge in [-0.25, -0.2) is 0 Å². The molecule has 0 aromatic heterocycles. The van der Waals surface area contributed by atoms with E-state index in [1.54, 1.807) is 0 Å². The van der Waals surface area contributed by atoms with Gasteiger partial charge in [-0.2, -0.15) is 0 Å². The molecule has 1 atom stereocenters. The summed E-state index contributed by atoms with van der Waals surface area (Å²) in [6, 6.07) is 0. The zero-order chi connectivity index (χ0) is 9.80. The second-order valence-corrected chi connectivity index (χ2v) is 4.44. The Bertz CT molecular complexity index is 195. The highest BCUT2D eigenvalue weighted by atomic mass is 16.5. The highest BCUT2D eigenvalue weighted by molar-refractivity contribution is 5.72. The number of carbonyl (C=O) groups excluding carboxylic acids is 1. The van der Waals surface area contributed by atoms with Crippen molar-refractivity contribution in [2.45, 2.75) is 32.1 Å². The van der Waals surface area contributed by atoms with Crippen LogP contribution >= 0.6 is 0 Å². The van der Waals surface area contributed by atoms with Gasteiger partial charge in [0.25, 0.3) is 0 Å². The van der Waals surface area contributed by atoms with Crippen molar-refractivity contribution >= 4 is 5.97 Å². The molecule has 2 fully saturated rings. The zero-order valence-electron chi connectivity index (χ0n) is 8.63. The van der Waals surface area contributed by atoms with E-state index in [1.165, 1.54) is 12.8 Å². The highest BCUT2D eigenvalue weighted by Gasteiger charge is 2.24. The van der Waals surface area contributed by atoms with Crippen molar-refractivity contribution < 1.29 is 9.53 Å². The van der Waals surface area contributed by atoms with Gasteiger partial charge in [-0.05, 0) is 31.7 Å². The minimum atomic E-state index is 0.0119. The smallest absolute Gasteiger partial charge is 0.310 e. The number of carbonyl (C=O) groups is 1. The minimum Gasteiger partial charge on any atom is -0.465 e. The maximum atomic E-state index is 11.5. The summed E-state index contributed by atoms with van der Waals surface area (Å²) in [5, 5.41) is 3.23. The average Bonchev–Trinajstić information content (AvgIpc) is 3.03. The molecule has 0 unspecified atom stereocenters. The Balaban J connectivity index is 1.60. The number of hydrogen-bond acceptors (Lipinski definition) is 3. The first-order chi connectivity index (χ1) is 6.86. The van der Waals surface area contributed by atoms with Gasteiger partial charge < -0.3 is 10.1 Å². The normalized spacial score (nSPS) is 27.3. The van der Waals surface area contributed by atoms with Crippen molar-refractivity contribution in [3.05, 3.63) is 0 Å². The van der Waals surface area contributed by atoms with E-state index in [4.69, 9.17) is 4.74 Å². The van der Waals surface area contributed by atoms with Crippen LogP contribution in [-0.4, -0.2) is 25.7 Å². The van der Waals surface area contributed by atoms with E-state index in [-0.39, 0.29) is 11.9 Å². The Hall–Kier alpha value is -0.570. The second-order valence-electron chi connectivity index (χ2n) is 4.44. The topological polar surface area (TPSA) is 38.3 Å². The van der Waals surface area contributed by atoms with Gasteiger partial charge in [-0.1, -0.05) is 12.8 Å². The molecule has 0 bridgehead atoms. The Morgan fingerprint density at radius 2 is 2.21 bits per heavy atom. The fourth-order valence-electron chi connectivity index (χ4n) is 1.90. The number of rotatable bonds is 4. The van der Waals surface area contributed by atoms with E-state index in [0.717, 1.165) is 38.3 Å². The zero-order valence-corrected chi connectivity index (χ0v) is 8.63. The van der Waals surface area contributed by atoms with Gasteiger partial charge in [0.2, 0.25) is 0 Å². The number of nitrogens with one attached hydrogen (secondary N) is 1. The Morgan fingerprint density at radius 3 is 2.86 bits per heavy atom. The summed E-state index contributed by atoms with van der Waals surface area (Å²) >= 11 is 0. The van der Waals surface area contributed by atoms with Gasteiger partial charge in [-0.3, -0.25) is 4.79 Å². The first-order valence-corrected chi connectivity index (χ1v) is 5.73. The quantitative estimate of drug-likeness (QED) is 0.691. The van der Waals surface area contributed by atoms with Crippen molar-refractivity contribution in [2.24, 2.45) is 11.8 Å². The number of piperidine rings is 1. The van der Waals surface area contributed by atoms with Gasteiger partial charge in [0.1, 0.15) is 0 Å². The number of esters is 1. The van der Waals surface area contributed by atoms with Gasteiger partial charge >= 0.3 is 5.97 Å². The molecule has 1 aliphatic heterocycles. The maximum Gasteiger partial charge on any atom is 0.310 e. The van der Waals surface area contributed by atoms with Gasteiger partial charge in [0.05, 0.1) is 12.5 Å². The summed E-state index contributed by atoms with van der Waals surface area (Å²) in [4.78, 5) is 11.5. The molecule has 0 radical (unpaired) electrons. The molecule has 1 saturated heterocycles. The van der Waals surface area contributed by atoms with Crippen molar-refractivity contribution in [2.75, 3.05) is 19.7 Å². The molecule has 3 nitrogen and oxygen atoms in total. The lowest BCUT2D eigenvalue weighted by molar-refractivity contribution is -0.149. The first kappa shape index (κ1) is 9.97. The summed E-state index contributed by atoms with van der Waals surface area (Å²) in [5.41, 5.74) is 0. The predicted molar refractivity (Wildman–Crippen MR) is 53.9 cm³/mol. The third-order valence-electron chi connectivity index (χ3n) is 3.10. The average molecular weight is 197 g/mol. The molecule has 1 N–H and O–H groups in total. The molecule has 1 aliphatic carbocycles. The Kier molecular flexibility index (Phi) is 3.40. The molecular weight excluding hydrogens is 178 g/mol. The number of ether oxygens (including phenoxy) is 1. The van der Waals surface area contributed by atoms with Gasteiger partial charge in [0.15, 0.2) is 0 Å². The molecule has 0 aromatic carbocycles. The molecule has 0 spiro atoms. The summed E-state index contributed by atoms with van der Waals surface area (Å²) in [6.45, 7) is 2.49. The van der Waals surface area contributed by atoms with Gasteiger partial charge in [-0.15, -0.1) is 0 Å². The summed E-state index contributed by atoms with van der Waals surface area (Å²) < 4.78 is 5.25. The fourth-order valence-corrected chi connectivity index (χ4v) is 1.90. The standard InChI is InChI=1S/C11H19NO2/c13-11(10-2-1-6-12-8-10)14-7-5-9-3-4-9/h9-10,12H,1-8H2/t10-/m1/s1. The van der Waals surface area contributed by atoms with E-state index >= 15 is 0 Å². The minimum absolute atomic E-state index is 0.0119. The van der Waals surface area contributed by atoms with Gasteiger partial charge in [0, 0.05) is 6.54 Å². The number of hydrogen-bond donors (Lipinski definition) is 1. The first-order valence-electron chi connectivity index (χ1n) is 5.73. The van der Waals surface area contributed by atoms with E-state index in [1.807, 2.05) is 0 Å². The van der Waals surface area contributed by atoms with E-state index in [9.17, 15) is 4.79 Å². The third-order valence-corrected chi connectivity index (χ3v) is 3.10. The van der Waals surface area contributed by atoms with Crippen molar-refractivity contribution in [3.8, 4) is 0 Å². The summed E-state index contributed by atoms with van der Waals surface area (Å²) in [6.07, 6.45) is 5.84. The van der Waals surface area contributed by atoms with Crippen molar-refractivity contribution in [1.29, 1.82) is 0 Å². The lowest BCUT2D eigenvalue weighted by Gasteiger charge is -2.21. The van der Waals surface area contributed by atoms with Crippen LogP contribution in [0.4, 0.5) is 0 Å². The van der Waals surface area contributed by atoms with Crippen LogP contribution in [0.1, 0.15) is 32.1 Å². The van der Waals surface area contributed by atoms with Crippen LogP contribution in [0.25, 0.3) is 0 Å². The van der Waals surface area contributed by atoms with Crippen LogP contribution in [0.3, 0.4) is 0 Å². The lowest BCUT2D eigenvalue weighted by atomic mass is 10.0. The molecule has 0 amide bonds. The Labute approximate surface area is 85.2 Å². The van der Waals surface area contributed by atoms with Crippen molar-refractivity contribution in [3.63, 3.8) is 0 Å². The monoisotopic (exact) mass is 197 g/mol. The highest BCUT2D eigenvalue weighted by Crippen LogP contribution is 2.32. The SMILES string of the molecule is O=C(OCCC1CC1)[C@@H]1CCCNC1. The summed E-state index contributed by atoms with van der Waals surface area (Å²) in [5.74, 6) is 0.980. The third kappa shape index (κ3) is 2.98. The van der Waals surface area contributed by atoms with Crippen LogP contribution in [0.5, 0.6) is 0 Å². The van der Waals surface area contributed by atoms with Crippen LogP contribution < -0.4 is 5.32 Å². The predicted octanol–water partition coefficient (Wildman–Crippen LogP) is 1.33. The van der Waals surface area contributed by atoms with E-state index in [2.05, 4.69) is 5.32 Å². The molecule has 14 heavy (non-hydrogen) atoms. The molecular formula is C11H19NO2. The molecule has 1 heterocycles. The molecule has 3 heteroatoms. The van der Waals surface area contributed by atoms with Crippen LogP contribution in [0, 0.1) is 11.8 Å². The van der Waals surface area contributed by atoms with Crippen LogP contribution in [-0.2, 0) is 9.53 Å². The lowest BCUT2D eigenvalue weighted by Crippen LogP contribution is -2.35. The largest absolute Gasteiger partial charge is 0.465 e. The molecule has 2 aliphatic rings. The van der Waals surface area contributed by atoms with Crippen LogP contribution in [0.15, 0.2) is 0 Å². The van der Waals surface area contributed by atoms with E-state index in [0.29, 0.717) is 6.61 Å². The summed E-state index contributed by atoms with van der Waals surface area (Å²) in [7, 11) is 0. The van der Waals surface area contributed by atoms with E-state index < -0.39 is 0 Å². The van der Waals surface area contributed by atoms with Crippen LogP contribution in [0.2, 0.25) is 0 Å². The van der Waals surface area contributed by atoms with Crippen molar-refractivity contribution in [1.82, 2.24) is 5.32 Å². The Morgan fingerprint density at radius 1 is 1.36 bits per heavy atom. The maximum absolute atomic E-state index is 11.5. The molecule has 0 aromatic rings.